The molecular weight excluding hydrogens is 214 g/mol. The fourth-order valence-corrected chi connectivity index (χ4v) is 4.32. The van der Waals surface area contributed by atoms with E-state index in [0.29, 0.717) is 18.1 Å². The maximum Gasteiger partial charge on any atom is 0.308 e. The molecule has 4 unspecified atom stereocenters. The van der Waals surface area contributed by atoms with E-state index < -0.39 is 5.97 Å². The van der Waals surface area contributed by atoms with Gasteiger partial charge in [-0.1, -0.05) is 19.3 Å². The monoisotopic (exact) mass is 237 g/mol. The minimum Gasteiger partial charge on any atom is -0.481 e. The first-order valence-electron chi connectivity index (χ1n) is 7.17. The van der Waals surface area contributed by atoms with E-state index in [2.05, 4.69) is 11.8 Å². The summed E-state index contributed by atoms with van der Waals surface area (Å²) in [5.74, 6) is 0.268. The van der Waals surface area contributed by atoms with Crippen molar-refractivity contribution in [1.82, 2.24) is 4.90 Å². The summed E-state index contributed by atoms with van der Waals surface area (Å²) in [6.07, 6.45) is 8.72. The molecule has 3 nitrogen and oxygen atoms in total. The van der Waals surface area contributed by atoms with Gasteiger partial charge in [-0.25, -0.2) is 0 Å². The van der Waals surface area contributed by atoms with Gasteiger partial charge in [0.1, 0.15) is 0 Å². The first-order chi connectivity index (χ1) is 8.16. The SMILES string of the molecule is CC(CC1CCC1)N1C2CCC1C(C(=O)O)C2. The van der Waals surface area contributed by atoms with Crippen LogP contribution in [0.15, 0.2) is 0 Å². The number of fused-ring (bicyclic) bond motifs is 2. The zero-order valence-electron chi connectivity index (χ0n) is 10.6. The third kappa shape index (κ3) is 1.88. The number of hydrogen-bond donors (Lipinski definition) is 1. The van der Waals surface area contributed by atoms with E-state index in [1.54, 1.807) is 0 Å². The molecule has 1 aliphatic carbocycles. The minimum absolute atomic E-state index is 0.0856. The molecule has 3 fully saturated rings. The van der Waals surface area contributed by atoms with Crippen LogP contribution in [0.1, 0.15) is 51.9 Å². The number of rotatable bonds is 4. The van der Waals surface area contributed by atoms with Gasteiger partial charge in [-0.3, -0.25) is 9.69 Å². The Balaban J connectivity index is 1.65. The van der Waals surface area contributed by atoms with Gasteiger partial charge in [-0.15, -0.1) is 0 Å². The molecule has 3 heteroatoms. The first-order valence-corrected chi connectivity index (χ1v) is 7.17. The summed E-state index contributed by atoms with van der Waals surface area (Å²) in [6, 6.07) is 1.51. The molecule has 17 heavy (non-hydrogen) atoms. The minimum atomic E-state index is -0.571. The van der Waals surface area contributed by atoms with Crippen molar-refractivity contribution >= 4 is 5.97 Å². The Labute approximate surface area is 103 Å². The van der Waals surface area contributed by atoms with Crippen molar-refractivity contribution in [3.05, 3.63) is 0 Å². The third-order valence-corrected chi connectivity index (χ3v) is 5.32. The summed E-state index contributed by atoms with van der Waals surface area (Å²) in [4.78, 5) is 13.8. The van der Waals surface area contributed by atoms with E-state index in [1.165, 1.54) is 32.1 Å². The Hall–Kier alpha value is -0.570. The molecule has 96 valence electrons. The standard InChI is InChI=1S/C14H23NO2/c1-9(7-10-3-2-4-10)15-11-5-6-13(15)12(8-11)14(16)17/h9-13H,2-8H2,1H3,(H,16,17). The molecule has 4 atom stereocenters. The van der Waals surface area contributed by atoms with Gasteiger partial charge in [-0.2, -0.15) is 0 Å². The number of carbonyl (C=O) groups is 1. The lowest BCUT2D eigenvalue weighted by Gasteiger charge is -2.35. The van der Waals surface area contributed by atoms with Crippen LogP contribution in [0.3, 0.4) is 0 Å². The van der Waals surface area contributed by atoms with E-state index in [0.717, 1.165) is 18.8 Å². The van der Waals surface area contributed by atoms with Crippen LogP contribution >= 0.6 is 0 Å². The molecule has 2 bridgehead atoms. The molecule has 0 spiro atoms. The lowest BCUT2D eigenvalue weighted by atomic mass is 9.81. The predicted molar refractivity (Wildman–Crippen MR) is 65.8 cm³/mol. The normalized spacial score (nSPS) is 39.2. The molecule has 0 aromatic heterocycles. The summed E-state index contributed by atoms with van der Waals surface area (Å²) >= 11 is 0. The van der Waals surface area contributed by atoms with Crippen LogP contribution < -0.4 is 0 Å². The van der Waals surface area contributed by atoms with Crippen molar-refractivity contribution in [1.29, 1.82) is 0 Å². The first kappa shape index (κ1) is 11.5. The number of nitrogens with zero attached hydrogens (tertiary/aromatic N) is 1. The number of carboxylic acids is 1. The van der Waals surface area contributed by atoms with Gasteiger partial charge < -0.3 is 5.11 Å². The predicted octanol–water partition coefficient (Wildman–Crippen LogP) is 2.50. The molecular formula is C14H23NO2. The Morgan fingerprint density at radius 2 is 2.12 bits per heavy atom. The van der Waals surface area contributed by atoms with Gasteiger partial charge >= 0.3 is 5.97 Å². The zero-order valence-corrected chi connectivity index (χ0v) is 10.6. The molecule has 1 N–H and O–H groups in total. The fraction of sp³-hybridized carbons (Fsp3) is 0.929. The fourth-order valence-electron chi connectivity index (χ4n) is 4.32. The molecule has 0 radical (unpaired) electrons. The molecule has 1 saturated carbocycles. The number of carboxylic acid groups (broad SMARTS) is 1. The van der Waals surface area contributed by atoms with Crippen LogP contribution in [-0.4, -0.2) is 34.1 Å². The Morgan fingerprint density at radius 1 is 1.35 bits per heavy atom. The molecule has 3 aliphatic rings. The van der Waals surface area contributed by atoms with Gasteiger partial charge in [-0.05, 0) is 38.5 Å². The summed E-state index contributed by atoms with van der Waals surface area (Å²) < 4.78 is 0. The highest BCUT2D eigenvalue weighted by Gasteiger charge is 2.50. The van der Waals surface area contributed by atoms with Crippen LogP contribution in [0.5, 0.6) is 0 Å². The van der Waals surface area contributed by atoms with E-state index in [4.69, 9.17) is 0 Å². The van der Waals surface area contributed by atoms with Crippen molar-refractivity contribution in [2.45, 2.75) is 70.0 Å². The van der Waals surface area contributed by atoms with Crippen molar-refractivity contribution in [2.24, 2.45) is 11.8 Å². The number of aliphatic carboxylic acids is 1. The van der Waals surface area contributed by atoms with Gasteiger partial charge in [0, 0.05) is 18.1 Å². The second-order valence-electron chi connectivity index (χ2n) is 6.31. The van der Waals surface area contributed by atoms with Gasteiger partial charge in [0.15, 0.2) is 0 Å². The van der Waals surface area contributed by atoms with Crippen LogP contribution in [0.4, 0.5) is 0 Å². The Morgan fingerprint density at radius 3 is 2.65 bits per heavy atom. The highest BCUT2D eigenvalue weighted by Crippen LogP contribution is 2.44. The maximum absolute atomic E-state index is 11.2. The summed E-state index contributed by atoms with van der Waals surface area (Å²) in [5, 5.41) is 9.25. The molecule has 0 aromatic rings. The van der Waals surface area contributed by atoms with E-state index in [9.17, 15) is 9.90 Å². The van der Waals surface area contributed by atoms with Gasteiger partial charge in [0.25, 0.3) is 0 Å². The Bertz CT molecular complexity index is 313. The van der Waals surface area contributed by atoms with Crippen LogP contribution in [0, 0.1) is 11.8 Å². The van der Waals surface area contributed by atoms with E-state index in [1.807, 2.05) is 0 Å². The van der Waals surface area contributed by atoms with Crippen molar-refractivity contribution in [3.63, 3.8) is 0 Å². The van der Waals surface area contributed by atoms with Crippen molar-refractivity contribution < 1.29 is 9.90 Å². The summed E-state index contributed by atoms with van der Waals surface area (Å²) in [7, 11) is 0. The highest BCUT2D eigenvalue weighted by molar-refractivity contribution is 5.71. The van der Waals surface area contributed by atoms with Crippen molar-refractivity contribution in [3.8, 4) is 0 Å². The quantitative estimate of drug-likeness (QED) is 0.816. The molecule has 0 aromatic carbocycles. The third-order valence-electron chi connectivity index (χ3n) is 5.32. The summed E-state index contributed by atoms with van der Waals surface area (Å²) in [6.45, 7) is 2.31. The zero-order chi connectivity index (χ0) is 12.0. The topological polar surface area (TPSA) is 40.5 Å². The molecule has 2 heterocycles. The highest BCUT2D eigenvalue weighted by atomic mass is 16.4. The molecule has 2 aliphatic heterocycles. The smallest absolute Gasteiger partial charge is 0.308 e. The molecule has 0 amide bonds. The Kier molecular flexibility index (Phi) is 2.89. The molecule has 3 rings (SSSR count). The van der Waals surface area contributed by atoms with Crippen LogP contribution in [-0.2, 0) is 4.79 Å². The second kappa shape index (κ2) is 4.27. The average Bonchev–Trinajstić information content (AvgIpc) is 2.80. The maximum atomic E-state index is 11.2. The lowest BCUT2D eigenvalue weighted by molar-refractivity contribution is -0.142. The summed E-state index contributed by atoms with van der Waals surface area (Å²) in [5.41, 5.74) is 0. The van der Waals surface area contributed by atoms with Crippen LogP contribution in [0.25, 0.3) is 0 Å². The van der Waals surface area contributed by atoms with E-state index in [-0.39, 0.29) is 5.92 Å². The number of hydrogen-bond acceptors (Lipinski definition) is 2. The van der Waals surface area contributed by atoms with Crippen LogP contribution in [0.2, 0.25) is 0 Å². The lowest BCUT2D eigenvalue weighted by Crippen LogP contribution is -2.41. The van der Waals surface area contributed by atoms with Gasteiger partial charge in [0.05, 0.1) is 5.92 Å². The van der Waals surface area contributed by atoms with E-state index >= 15 is 0 Å². The second-order valence-corrected chi connectivity index (χ2v) is 6.31. The average molecular weight is 237 g/mol. The van der Waals surface area contributed by atoms with Gasteiger partial charge in [0.2, 0.25) is 0 Å². The molecule has 2 saturated heterocycles. The largest absolute Gasteiger partial charge is 0.481 e. The van der Waals surface area contributed by atoms with Crippen molar-refractivity contribution in [2.75, 3.05) is 0 Å².